The lowest BCUT2D eigenvalue weighted by Crippen LogP contribution is -2.57. The number of nitrogens with zero attached hydrogens (tertiary/aromatic N) is 3. The van der Waals surface area contributed by atoms with E-state index in [-0.39, 0.29) is 17.4 Å². The van der Waals surface area contributed by atoms with Crippen LogP contribution in [0.4, 0.5) is 0 Å². The van der Waals surface area contributed by atoms with Gasteiger partial charge in [0.05, 0.1) is 12.6 Å². The Morgan fingerprint density at radius 2 is 1.97 bits per heavy atom. The van der Waals surface area contributed by atoms with Gasteiger partial charge in [-0.25, -0.2) is 9.97 Å². The van der Waals surface area contributed by atoms with Crippen LogP contribution in [0.1, 0.15) is 60.8 Å². The van der Waals surface area contributed by atoms with E-state index >= 15 is 0 Å². The zero-order chi connectivity index (χ0) is 23.3. The molecule has 1 aromatic carbocycles. The minimum atomic E-state index is -0.854. The summed E-state index contributed by atoms with van der Waals surface area (Å²) in [6, 6.07) is 6.44. The number of amides is 1. The minimum absolute atomic E-state index is 0.0470. The van der Waals surface area contributed by atoms with Crippen LogP contribution >= 0.6 is 0 Å². The zero-order valence-electron chi connectivity index (χ0n) is 19.6. The largest absolute Gasteiger partial charge is 0.381 e. The summed E-state index contributed by atoms with van der Waals surface area (Å²) in [5, 5.41) is 3.63. The van der Waals surface area contributed by atoms with Crippen molar-refractivity contribution >= 4 is 5.91 Å². The summed E-state index contributed by atoms with van der Waals surface area (Å²) in [5.74, 6) is 7.30. The first-order chi connectivity index (χ1) is 16.5. The van der Waals surface area contributed by atoms with Gasteiger partial charge in [-0.1, -0.05) is 17.9 Å². The molecule has 2 unspecified atom stereocenters. The molecular formula is C27H31N5O2. The van der Waals surface area contributed by atoms with E-state index < -0.39 is 11.8 Å². The first-order valence-corrected chi connectivity index (χ1v) is 12.3. The van der Waals surface area contributed by atoms with Gasteiger partial charge in [-0.05, 0) is 68.2 Å². The molecule has 34 heavy (non-hydrogen) atoms. The number of ether oxygens (including phenoxy) is 1. The van der Waals surface area contributed by atoms with Gasteiger partial charge >= 0.3 is 0 Å². The molecule has 1 amide bonds. The molecule has 0 bridgehead atoms. The first kappa shape index (κ1) is 21.7. The van der Waals surface area contributed by atoms with Gasteiger partial charge in [0.1, 0.15) is 18.2 Å². The molecular weight excluding hydrogens is 426 g/mol. The summed E-state index contributed by atoms with van der Waals surface area (Å²) in [7, 11) is 1.78. The third-order valence-corrected chi connectivity index (χ3v) is 8.31. The normalized spacial score (nSPS) is 32.2. The standard InChI is InChI=1S/C27H31N5O2/c1-34-22-8-10-26(11-9-22)13-21-7-6-19(5-4-18-2-3-18)12-23(21)27(26)24(33)32(25(28)31-27)16-20-14-29-17-30-15-20/h6-7,12,14-15,17-18,22,25,31H,2-3,8-11,13,16,28H2,1H3. The number of rotatable bonds is 3. The van der Waals surface area contributed by atoms with E-state index in [1.807, 2.05) is 0 Å². The van der Waals surface area contributed by atoms with E-state index in [4.69, 9.17) is 10.5 Å². The molecule has 0 radical (unpaired) electrons. The number of nitrogens with two attached hydrogens (primary N) is 1. The van der Waals surface area contributed by atoms with Crippen molar-refractivity contribution in [2.45, 2.75) is 69.4 Å². The molecule has 7 heteroatoms. The second-order valence-corrected chi connectivity index (χ2v) is 10.3. The number of hydrogen-bond donors (Lipinski definition) is 2. The van der Waals surface area contributed by atoms with Gasteiger partial charge in [-0.15, -0.1) is 0 Å². The van der Waals surface area contributed by atoms with E-state index in [0.717, 1.165) is 48.8 Å². The highest BCUT2D eigenvalue weighted by Gasteiger charge is 2.67. The molecule has 2 atom stereocenters. The molecule has 3 N–H and O–H groups in total. The van der Waals surface area contributed by atoms with Gasteiger partial charge in [0.2, 0.25) is 0 Å². The Bertz CT molecular complexity index is 1160. The number of fused-ring (bicyclic) bond motifs is 3. The zero-order valence-corrected chi connectivity index (χ0v) is 19.6. The van der Waals surface area contributed by atoms with Crippen LogP contribution < -0.4 is 11.1 Å². The molecule has 2 heterocycles. The molecule has 3 fully saturated rings. The molecule has 1 aromatic heterocycles. The predicted molar refractivity (Wildman–Crippen MR) is 127 cm³/mol. The maximum Gasteiger partial charge on any atom is 0.250 e. The van der Waals surface area contributed by atoms with E-state index in [2.05, 4.69) is 45.3 Å². The predicted octanol–water partition coefficient (Wildman–Crippen LogP) is 2.44. The van der Waals surface area contributed by atoms with Crippen LogP contribution in [0.15, 0.2) is 36.9 Å². The maximum atomic E-state index is 14.4. The quantitative estimate of drug-likeness (QED) is 0.688. The SMILES string of the molecule is COC1CCC2(CC1)Cc1ccc(C#CC3CC3)cc1C21NC(N)N(Cc2cncnc2)C1=O. The first-order valence-electron chi connectivity index (χ1n) is 12.3. The summed E-state index contributed by atoms with van der Waals surface area (Å²) < 4.78 is 5.68. The smallest absolute Gasteiger partial charge is 0.250 e. The number of nitrogens with one attached hydrogen (secondary N) is 1. The van der Waals surface area contributed by atoms with Crippen LogP contribution in [0.5, 0.6) is 0 Å². The third-order valence-electron chi connectivity index (χ3n) is 8.31. The second kappa shape index (κ2) is 8.16. The van der Waals surface area contributed by atoms with Crippen molar-refractivity contribution in [3.05, 3.63) is 59.2 Å². The summed E-state index contributed by atoms with van der Waals surface area (Å²) in [5.41, 5.74) is 9.66. The number of carbonyl (C=O) groups is 1. The number of aromatic nitrogens is 2. The molecule has 1 saturated heterocycles. The van der Waals surface area contributed by atoms with Crippen molar-refractivity contribution < 1.29 is 9.53 Å². The molecule has 2 spiro atoms. The van der Waals surface area contributed by atoms with Gasteiger partial charge in [-0.2, -0.15) is 0 Å². The van der Waals surface area contributed by atoms with Crippen LogP contribution in [0.25, 0.3) is 0 Å². The fourth-order valence-electron chi connectivity index (χ4n) is 6.34. The topological polar surface area (TPSA) is 93.4 Å². The lowest BCUT2D eigenvalue weighted by Gasteiger charge is -2.46. The summed E-state index contributed by atoms with van der Waals surface area (Å²) >= 11 is 0. The second-order valence-electron chi connectivity index (χ2n) is 10.3. The van der Waals surface area contributed by atoms with E-state index in [9.17, 15) is 4.79 Å². The van der Waals surface area contributed by atoms with Crippen LogP contribution in [0.3, 0.4) is 0 Å². The third kappa shape index (κ3) is 3.36. The van der Waals surface area contributed by atoms with Crippen LogP contribution in [-0.2, 0) is 28.0 Å². The average Bonchev–Trinajstić information content (AvgIpc) is 3.62. The molecule has 1 aliphatic heterocycles. The lowest BCUT2D eigenvalue weighted by molar-refractivity contribution is -0.140. The molecule has 3 aliphatic carbocycles. The van der Waals surface area contributed by atoms with Crippen molar-refractivity contribution in [3.63, 3.8) is 0 Å². The summed E-state index contributed by atoms with van der Waals surface area (Å²) in [6.07, 6.45) is 11.6. The molecule has 4 aliphatic rings. The maximum absolute atomic E-state index is 14.4. The van der Waals surface area contributed by atoms with Crippen molar-refractivity contribution in [2.75, 3.05) is 7.11 Å². The Hall–Kier alpha value is -2.79. The number of carbonyl (C=O) groups excluding carboxylic acids is 1. The number of hydrogen-bond acceptors (Lipinski definition) is 6. The van der Waals surface area contributed by atoms with Gasteiger partial charge in [-0.3, -0.25) is 15.8 Å². The highest BCUT2D eigenvalue weighted by atomic mass is 16.5. The fraction of sp³-hybridized carbons (Fsp3) is 0.519. The monoisotopic (exact) mass is 457 g/mol. The van der Waals surface area contributed by atoms with E-state index in [0.29, 0.717) is 12.5 Å². The average molecular weight is 458 g/mol. The van der Waals surface area contributed by atoms with E-state index in [1.165, 1.54) is 24.7 Å². The highest BCUT2D eigenvalue weighted by Crippen LogP contribution is 2.60. The molecule has 6 rings (SSSR count). The molecule has 2 aromatic rings. The Labute approximate surface area is 200 Å². The van der Waals surface area contributed by atoms with Crippen LogP contribution in [0, 0.1) is 23.2 Å². The van der Waals surface area contributed by atoms with Gasteiger partial charge < -0.3 is 9.64 Å². The Kier molecular flexibility index (Phi) is 5.21. The van der Waals surface area contributed by atoms with Crippen molar-refractivity contribution in [1.82, 2.24) is 20.2 Å². The fourth-order valence-corrected chi connectivity index (χ4v) is 6.34. The Morgan fingerprint density at radius 1 is 1.21 bits per heavy atom. The number of methoxy groups -OCH3 is 1. The molecule has 2 saturated carbocycles. The molecule has 176 valence electrons. The van der Waals surface area contributed by atoms with Crippen molar-refractivity contribution in [3.8, 4) is 11.8 Å². The Morgan fingerprint density at radius 3 is 2.68 bits per heavy atom. The Balaban J connectivity index is 1.42. The molecule has 7 nitrogen and oxygen atoms in total. The highest BCUT2D eigenvalue weighted by molar-refractivity contribution is 5.93. The van der Waals surface area contributed by atoms with Gasteiger partial charge in [0.25, 0.3) is 5.91 Å². The van der Waals surface area contributed by atoms with Crippen molar-refractivity contribution in [1.29, 1.82) is 0 Å². The summed E-state index contributed by atoms with van der Waals surface area (Å²) in [6.45, 7) is 0.378. The number of benzene rings is 1. The van der Waals surface area contributed by atoms with Crippen molar-refractivity contribution in [2.24, 2.45) is 17.1 Å². The van der Waals surface area contributed by atoms with Gasteiger partial charge in [0, 0.05) is 42.0 Å². The summed E-state index contributed by atoms with van der Waals surface area (Å²) in [4.78, 5) is 24.4. The van der Waals surface area contributed by atoms with Gasteiger partial charge in [0.15, 0.2) is 0 Å². The minimum Gasteiger partial charge on any atom is -0.381 e. The van der Waals surface area contributed by atoms with E-state index in [1.54, 1.807) is 24.4 Å². The van der Waals surface area contributed by atoms with Crippen LogP contribution in [-0.4, -0.2) is 40.3 Å². The lowest BCUT2D eigenvalue weighted by atomic mass is 9.61. The van der Waals surface area contributed by atoms with Crippen LogP contribution in [0.2, 0.25) is 0 Å².